The second kappa shape index (κ2) is 3.94. The average molecular weight is 258 g/mol. The van der Waals surface area contributed by atoms with E-state index in [-0.39, 0.29) is 5.02 Å². The quantitative estimate of drug-likeness (QED) is 0.571. The largest absolute Gasteiger partial charge is 0.497 e. The Hall–Kier alpha value is -0.645. The molecule has 1 aromatic heterocycles. The fourth-order valence-electron chi connectivity index (χ4n) is 1.56. The summed E-state index contributed by atoms with van der Waals surface area (Å²) >= 11 is 5.96. The van der Waals surface area contributed by atoms with Crippen LogP contribution in [0.25, 0.3) is 0 Å². The van der Waals surface area contributed by atoms with E-state index in [0.717, 1.165) is 6.07 Å². The smallest absolute Gasteiger partial charge is 0.399 e. The molecule has 0 amide bonds. The minimum atomic E-state index is -0.615. The van der Waals surface area contributed by atoms with Crippen molar-refractivity contribution in [3.63, 3.8) is 0 Å². The monoisotopic (exact) mass is 257 g/mol. The number of aromatic nitrogens is 1. The van der Waals surface area contributed by atoms with Gasteiger partial charge in [0.2, 0.25) is 5.95 Å². The number of nitrogens with zero attached hydrogens (tertiary/aromatic N) is 1. The molecule has 0 N–H and O–H groups in total. The van der Waals surface area contributed by atoms with Crippen LogP contribution in [0, 0.1) is 5.95 Å². The fourth-order valence-corrected chi connectivity index (χ4v) is 1.79. The lowest BCUT2D eigenvalue weighted by molar-refractivity contribution is 0.00578. The van der Waals surface area contributed by atoms with Crippen LogP contribution in [0.3, 0.4) is 0 Å². The molecule has 0 aromatic carbocycles. The SMILES string of the molecule is CC1(C)OB(c2cnc(F)cc2Cl)OC1(C)C. The Kier molecular flexibility index (Phi) is 2.96. The van der Waals surface area contributed by atoms with E-state index in [0.29, 0.717) is 5.46 Å². The Morgan fingerprint density at radius 1 is 1.24 bits per heavy atom. The lowest BCUT2D eigenvalue weighted by Gasteiger charge is -2.32. The van der Waals surface area contributed by atoms with Crippen LogP contribution in [-0.4, -0.2) is 23.3 Å². The van der Waals surface area contributed by atoms with Crippen molar-refractivity contribution in [2.75, 3.05) is 0 Å². The molecule has 1 fully saturated rings. The van der Waals surface area contributed by atoms with E-state index in [9.17, 15) is 4.39 Å². The number of pyridine rings is 1. The summed E-state index contributed by atoms with van der Waals surface area (Å²) in [5.41, 5.74) is -0.350. The summed E-state index contributed by atoms with van der Waals surface area (Å²) in [4.78, 5) is 3.57. The van der Waals surface area contributed by atoms with Crippen molar-refractivity contribution in [2.24, 2.45) is 0 Å². The van der Waals surface area contributed by atoms with Gasteiger partial charge >= 0.3 is 7.12 Å². The molecule has 1 aromatic rings. The fraction of sp³-hybridized carbons (Fsp3) is 0.545. The molecule has 1 aliphatic heterocycles. The summed E-state index contributed by atoms with van der Waals surface area (Å²) in [5, 5.41) is 0.260. The van der Waals surface area contributed by atoms with E-state index in [1.807, 2.05) is 27.7 Å². The molecule has 2 heterocycles. The Morgan fingerprint density at radius 2 is 1.76 bits per heavy atom. The van der Waals surface area contributed by atoms with E-state index in [1.165, 1.54) is 6.20 Å². The van der Waals surface area contributed by atoms with Crippen molar-refractivity contribution in [2.45, 2.75) is 38.9 Å². The molecule has 0 unspecified atom stereocenters. The third kappa shape index (κ3) is 2.19. The van der Waals surface area contributed by atoms with Crippen molar-refractivity contribution < 1.29 is 13.7 Å². The molecule has 0 atom stereocenters. The predicted octanol–water partition coefficient (Wildman–Crippen LogP) is 2.17. The zero-order valence-electron chi connectivity index (χ0n) is 10.3. The van der Waals surface area contributed by atoms with E-state index in [4.69, 9.17) is 20.9 Å². The van der Waals surface area contributed by atoms with Crippen LogP contribution >= 0.6 is 11.6 Å². The van der Waals surface area contributed by atoms with Crippen LogP contribution in [0.1, 0.15) is 27.7 Å². The first-order chi connectivity index (χ1) is 7.73. The lowest BCUT2D eigenvalue weighted by Crippen LogP contribution is -2.41. The Labute approximate surface area is 105 Å². The van der Waals surface area contributed by atoms with Crippen LogP contribution < -0.4 is 5.46 Å². The molecule has 2 rings (SSSR count). The van der Waals surface area contributed by atoms with E-state index in [1.54, 1.807) is 0 Å². The van der Waals surface area contributed by atoms with E-state index in [2.05, 4.69) is 4.98 Å². The highest BCUT2D eigenvalue weighted by molar-refractivity contribution is 6.65. The first-order valence-corrected chi connectivity index (χ1v) is 5.77. The number of rotatable bonds is 1. The molecule has 1 saturated heterocycles. The van der Waals surface area contributed by atoms with Crippen molar-refractivity contribution in [3.05, 3.63) is 23.2 Å². The van der Waals surface area contributed by atoms with Gasteiger partial charge in [0, 0.05) is 22.7 Å². The molecule has 1 aliphatic rings. The van der Waals surface area contributed by atoms with Crippen LogP contribution in [0.4, 0.5) is 4.39 Å². The first-order valence-electron chi connectivity index (χ1n) is 5.39. The molecule has 0 radical (unpaired) electrons. The van der Waals surface area contributed by atoms with Crippen LogP contribution in [-0.2, 0) is 9.31 Å². The summed E-state index contributed by atoms with van der Waals surface area (Å²) in [5.74, 6) is -0.615. The molecule has 0 saturated carbocycles. The van der Waals surface area contributed by atoms with Gasteiger partial charge in [-0.05, 0) is 27.7 Å². The van der Waals surface area contributed by atoms with E-state index < -0.39 is 24.3 Å². The van der Waals surface area contributed by atoms with Gasteiger partial charge in [-0.15, -0.1) is 0 Å². The minimum absolute atomic E-state index is 0.260. The molecular formula is C11H14BClFNO2. The third-order valence-electron chi connectivity index (χ3n) is 3.36. The molecule has 0 bridgehead atoms. The van der Waals surface area contributed by atoms with Gasteiger partial charge in [0.05, 0.1) is 11.2 Å². The van der Waals surface area contributed by atoms with Gasteiger partial charge in [0.15, 0.2) is 0 Å². The number of hydrogen-bond acceptors (Lipinski definition) is 3. The second-order valence-corrected chi connectivity index (χ2v) is 5.52. The first kappa shape index (κ1) is 12.8. The highest BCUT2D eigenvalue weighted by atomic mass is 35.5. The Balaban J connectivity index is 2.32. The highest BCUT2D eigenvalue weighted by Crippen LogP contribution is 2.36. The topological polar surface area (TPSA) is 31.4 Å². The number of halogens is 2. The highest BCUT2D eigenvalue weighted by Gasteiger charge is 2.52. The van der Waals surface area contributed by atoms with Gasteiger partial charge in [-0.1, -0.05) is 11.6 Å². The Bertz CT molecular complexity index is 437. The maximum Gasteiger partial charge on any atom is 0.497 e. The second-order valence-electron chi connectivity index (χ2n) is 5.12. The van der Waals surface area contributed by atoms with Crippen molar-refractivity contribution in [1.29, 1.82) is 0 Å². The Morgan fingerprint density at radius 3 is 2.24 bits per heavy atom. The van der Waals surface area contributed by atoms with Crippen LogP contribution in [0.2, 0.25) is 5.02 Å². The van der Waals surface area contributed by atoms with Gasteiger partial charge in [-0.25, -0.2) is 4.98 Å². The lowest BCUT2D eigenvalue weighted by atomic mass is 9.80. The molecule has 0 spiro atoms. The molecule has 92 valence electrons. The molecular weight excluding hydrogens is 243 g/mol. The zero-order chi connectivity index (χ0) is 12.8. The van der Waals surface area contributed by atoms with Crippen LogP contribution in [0.15, 0.2) is 12.3 Å². The van der Waals surface area contributed by atoms with Gasteiger partial charge in [-0.3, -0.25) is 0 Å². The summed E-state index contributed by atoms with van der Waals surface area (Å²) < 4.78 is 24.5. The van der Waals surface area contributed by atoms with Crippen molar-refractivity contribution in [3.8, 4) is 0 Å². The summed E-state index contributed by atoms with van der Waals surface area (Å²) in [7, 11) is -0.611. The maximum atomic E-state index is 12.9. The third-order valence-corrected chi connectivity index (χ3v) is 3.68. The predicted molar refractivity (Wildman–Crippen MR) is 64.9 cm³/mol. The number of hydrogen-bond donors (Lipinski definition) is 0. The molecule has 6 heteroatoms. The zero-order valence-corrected chi connectivity index (χ0v) is 11.0. The molecule has 17 heavy (non-hydrogen) atoms. The molecule has 0 aliphatic carbocycles. The van der Waals surface area contributed by atoms with Gasteiger partial charge in [0.25, 0.3) is 0 Å². The minimum Gasteiger partial charge on any atom is -0.399 e. The van der Waals surface area contributed by atoms with Crippen molar-refractivity contribution in [1.82, 2.24) is 4.98 Å². The van der Waals surface area contributed by atoms with Crippen molar-refractivity contribution >= 4 is 24.2 Å². The standard InChI is InChI=1S/C11H14BClFNO2/c1-10(2)11(3,4)17-12(16-10)7-6-15-9(14)5-8(7)13/h5-6H,1-4H3. The maximum absolute atomic E-state index is 12.9. The summed E-state index contributed by atoms with van der Waals surface area (Å²) in [6, 6.07) is 1.15. The average Bonchev–Trinajstić information content (AvgIpc) is 2.35. The van der Waals surface area contributed by atoms with Gasteiger partial charge < -0.3 is 9.31 Å². The normalized spacial score (nSPS) is 21.9. The van der Waals surface area contributed by atoms with Gasteiger partial charge in [-0.2, -0.15) is 4.39 Å². The van der Waals surface area contributed by atoms with Gasteiger partial charge in [0.1, 0.15) is 0 Å². The summed E-state index contributed by atoms with van der Waals surface area (Å²) in [6.07, 6.45) is 1.35. The summed E-state index contributed by atoms with van der Waals surface area (Å²) in [6.45, 7) is 7.77. The van der Waals surface area contributed by atoms with E-state index >= 15 is 0 Å². The molecule has 3 nitrogen and oxygen atoms in total. The van der Waals surface area contributed by atoms with Crippen LogP contribution in [0.5, 0.6) is 0 Å².